The Morgan fingerprint density at radius 1 is 1.35 bits per heavy atom. The quantitative estimate of drug-likeness (QED) is 0.822. The predicted octanol–water partition coefficient (Wildman–Crippen LogP) is 2.87. The third-order valence-corrected chi connectivity index (χ3v) is 2.52. The Kier molecular flexibility index (Phi) is 4.11. The molecule has 8 heteroatoms. The van der Waals surface area contributed by atoms with Crippen molar-refractivity contribution < 1.29 is 18.0 Å². The summed E-state index contributed by atoms with van der Waals surface area (Å²) in [5, 5.41) is 1.42. The molecular formula is C9H7Cl2F3N2O. The topological polar surface area (TPSA) is 55.1 Å². The van der Waals surface area contributed by atoms with Crippen molar-refractivity contribution in [1.29, 1.82) is 0 Å². The maximum absolute atomic E-state index is 11.9. The van der Waals surface area contributed by atoms with Crippen LogP contribution in [0.1, 0.15) is 10.4 Å². The summed E-state index contributed by atoms with van der Waals surface area (Å²) in [7, 11) is 0. The lowest BCUT2D eigenvalue weighted by Crippen LogP contribution is -2.34. The van der Waals surface area contributed by atoms with E-state index in [9.17, 15) is 18.0 Å². The van der Waals surface area contributed by atoms with Crippen molar-refractivity contribution in [1.82, 2.24) is 5.32 Å². The number of carbonyl (C=O) groups is 1. The summed E-state index contributed by atoms with van der Waals surface area (Å²) in [6.45, 7) is -1.46. The lowest BCUT2D eigenvalue weighted by atomic mass is 10.2. The van der Waals surface area contributed by atoms with E-state index in [1.165, 1.54) is 12.1 Å². The second-order valence-electron chi connectivity index (χ2n) is 3.12. The smallest absolute Gasteiger partial charge is 0.398 e. The van der Waals surface area contributed by atoms with Crippen molar-refractivity contribution in [2.75, 3.05) is 12.3 Å². The first-order chi connectivity index (χ1) is 7.72. The average Bonchev–Trinajstić information content (AvgIpc) is 2.20. The number of halogens is 5. The molecule has 94 valence electrons. The van der Waals surface area contributed by atoms with Crippen molar-refractivity contribution in [3.05, 3.63) is 27.7 Å². The highest BCUT2D eigenvalue weighted by molar-refractivity contribution is 6.41. The molecule has 1 aromatic rings. The van der Waals surface area contributed by atoms with E-state index >= 15 is 0 Å². The standard InChI is InChI=1S/C9H7Cl2F3N2O/c10-4-1-2-5(15)7(11)6(4)8(17)16-3-9(12,13)14/h1-2H,3,15H2,(H,16,17). The van der Waals surface area contributed by atoms with Gasteiger partial charge in [0.15, 0.2) is 0 Å². The molecule has 0 aliphatic carbocycles. The van der Waals surface area contributed by atoms with Gasteiger partial charge in [-0.2, -0.15) is 13.2 Å². The van der Waals surface area contributed by atoms with Crippen LogP contribution < -0.4 is 11.1 Å². The Morgan fingerprint density at radius 2 is 1.94 bits per heavy atom. The molecule has 0 fully saturated rings. The first kappa shape index (κ1) is 13.9. The molecule has 0 heterocycles. The van der Waals surface area contributed by atoms with Gasteiger partial charge >= 0.3 is 6.18 Å². The third kappa shape index (κ3) is 3.67. The summed E-state index contributed by atoms with van der Waals surface area (Å²) in [5.41, 5.74) is 5.21. The van der Waals surface area contributed by atoms with Crippen LogP contribution in [-0.2, 0) is 0 Å². The molecule has 0 atom stereocenters. The van der Waals surface area contributed by atoms with Crippen LogP contribution in [0.4, 0.5) is 18.9 Å². The molecule has 17 heavy (non-hydrogen) atoms. The highest BCUT2D eigenvalue weighted by Gasteiger charge is 2.29. The highest BCUT2D eigenvalue weighted by Crippen LogP contribution is 2.29. The summed E-state index contributed by atoms with van der Waals surface area (Å²) in [5.74, 6) is -1.02. The molecule has 0 aromatic heterocycles. The highest BCUT2D eigenvalue weighted by atomic mass is 35.5. The summed E-state index contributed by atoms with van der Waals surface area (Å²) in [6.07, 6.45) is -4.51. The molecule has 0 bridgehead atoms. The lowest BCUT2D eigenvalue weighted by Gasteiger charge is -2.11. The number of rotatable bonds is 2. The first-order valence-corrected chi connectivity index (χ1v) is 5.06. The van der Waals surface area contributed by atoms with Crippen LogP contribution in [0.3, 0.4) is 0 Å². The number of nitrogen functional groups attached to an aromatic ring is 1. The molecule has 0 unspecified atom stereocenters. The van der Waals surface area contributed by atoms with Crippen LogP contribution in [-0.4, -0.2) is 18.6 Å². The maximum Gasteiger partial charge on any atom is 0.405 e. The largest absolute Gasteiger partial charge is 0.405 e. The Morgan fingerprint density at radius 3 is 2.47 bits per heavy atom. The van der Waals surface area contributed by atoms with Crippen molar-refractivity contribution >= 4 is 34.8 Å². The fraction of sp³-hybridized carbons (Fsp3) is 0.222. The SMILES string of the molecule is Nc1ccc(Cl)c(C(=O)NCC(F)(F)F)c1Cl. The van der Waals surface area contributed by atoms with E-state index in [4.69, 9.17) is 28.9 Å². The van der Waals surface area contributed by atoms with Gasteiger partial charge < -0.3 is 11.1 Å². The molecule has 0 aliphatic heterocycles. The van der Waals surface area contributed by atoms with Gasteiger partial charge in [-0.1, -0.05) is 23.2 Å². The summed E-state index contributed by atoms with van der Waals surface area (Å²) in [6, 6.07) is 2.64. The molecule has 3 N–H and O–H groups in total. The number of amides is 1. The molecule has 3 nitrogen and oxygen atoms in total. The number of nitrogens with one attached hydrogen (secondary N) is 1. The molecule has 1 amide bonds. The zero-order valence-electron chi connectivity index (χ0n) is 8.24. The summed E-state index contributed by atoms with van der Waals surface area (Å²) < 4.78 is 35.7. The molecule has 0 saturated heterocycles. The van der Waals surface area contributed by atoms with E-state index in [2.05, 4.69) is 0 Å². The van der Waals surface area contributed by atoms with E-state index < -0.39 is 18.6 Å². The van der Waals surface area contributed by atoms with E-state index in [1.807, 2.05) is 0 Å². The van der Waals surface area contributed by atoms with Gasteiger partial charge in [0.2, 0.25) is 0 Å². The molecule has 0 aliphatic rings. The van der Waals surface area contributed by atoms with Gasteiger partial charge in [-0.05, 0) is 12.1 Å². The van der Waals surface area contributed by atoms with Gasteiger partial charge in [-0.15, -0.1) is 0 Å². The van der Waals surface area contributed by atoms with Crippen molar-refractivity contribution in [2.45, 2.75) is 6.18 Å². The number of alkyl halides is 3. The van der Waals surface area contributed by atoms with Gasteiger partial charge in [0.1, 0.15) is 6.54 Å². The average molecular weight is 287 g/mol. The monoisotopic (exact) mass is 286 g/mol. The van der Waals surface area contributed by atoms with Gasteiger partial charge in [0.05, 0.1) is 21.3 Å². The van der Waals surface area contributed by atoms with Crippen LogP contribution in [0.15, 0.2) is 12.1 Å². The zero-order chi connectivity index (χ0) is 13.2. The first-order valence-electron chi connectivity index (χ1n) is 4.31. The third-order valence-electron chi connectivity index (χ3n) is 1.80. The summed E-state index contributed by atoms with van der Waals surface area (Å²) in [4.78, 5) is 11.4. The predicted molar refractivity (Wildman–Crippen MR) is 59.3 cm³/mol. The van der Waals surface area contributed by atoms with Crippen LogP contribution in [0.2, 0.25) is 10.0 Å². The second-order valence-corrected chi connectivity index (χ2v) is 3.91. The Balaban J connectivity index is 2.93. The van der Waals surface area contributed by atoms with E-state index in [0.29, 0.717) is 0 Å². The van der Waals surface area contributed by atoms with Crippen molar-refractivity contribution in [3.8, 4) is 0 Å². The normalized spacial score (nSPS) is 11.4. The van der Waals surface area contributed by atoms with Gasteiger partial charge in [0, 0.05) is 0 Å². The second kappa shape index (κ2) is 5.01. The van der Waals surface area contributed by atoms with Gasteiger partial charge in [-0.25, -0.2) is 0 Å². The summed E-state index contributed by atoms with van der Waals surface area (Å²) >= 11 is 11.4. The van der Waals surface area contributed by atoms with Crippen LogP contribution >= 0.6 is 23.2 Å². The van der Waals surface area contributed by atoms with E-state index in [0.717, 1.165) is 0 Å². The number of hydrogen-bond acceptors (Lipinski definition) is 2. The maximum atomic E-state index is 11.9. The zero-order valence-corrected chi connectivity index (χ0v) is 9.75. The van der Waals surface area contributed by atoms with E-state index in [1.54, 1.807) is 5.32 Å². The van der Waals surface area contributed by atoms with Crippen LogP contribution in [0.25, 0.3) is 0 Å². The number of benzene rings is 1. The number of hydrogen-bond donors (Lipinski definition) is 2. The number of nitrogens with two attached hydrogens (primary N) is 1. The van der Waals surface area contributed by atoms with Crippen LogP contribution in [0.5, 0.6) is 0 Å². The van der Waals surface area contributed by atoms with Crippen molar-refractivity contribution in [2.24, 2.45) is 0 Å². The fourth-order valence-corrected chi connectivity index (χ4v) is 1.59. The number of carbonyl (C=O) groups excluding carboxylic acids is 1. The Hall–Kier alpha value is -1.14. The minimum absolute atomic E-state index is 0.0632. The molecule has 1 aromatic carbocycles. The van der Waals surface area contributed by atoms with Crippen LogP contribution in [0, 0.1) is 0 Å². The molecule has 1 rings (SSSR count). The van der Waals surface area contributed by atoms with Gasteiger partial charge in [0.25, 0.3) is 5.91 Å². The van der Waals surface area contributed by atoms with Gasteiger partial charge in [-0.3, -0.25) is 4.79 Å². The minimum Gasteiger partial charge on any atom is -0.398 e. The van der Waals surface area contributed by atoms with Crippen molar-refractivity contribution in [3.63, 3.8) is 0 Å². The molecule has 0 saturated carbocycles. The molecular weight excluding hydrogens is 280 g/mol. The van der Waals surface area contributed by atoms with E-state index in [-0.39, 0.29) is 21.3 Å². The number of anilines is 1. The molecule has 0 radical (unpaired) electrons. The minimum atomic E-state index is -4.51. The Bertz CT molecular complexity index is 449. The lowest BCUT2D eigenvalue weighted by molar-refractivity contribution is -0.123. The molecule has 0 spiro atoms. The Labute approximate surface area is 105 Å². The fourth-order valence-electron chi connectivity index (χ4n) is 1.05.